The van der Waals surface area contributed by atoms with Crippen molar-refractivity contribution in [2.75, 3.05) is 4.83 Å². The zero-order chi connectivity index (χ0) is 22.2. The zero-order valence-corrected chi connectivity index (χ0v) is 16.9. The van der Waals surface area contributed by atoms with Gasteiger partial charge in [0.25, 0.3) is 10.0 Å². The molecule has 2 aromatic heterocycles. The lowest BCUT2D eigenvalue weighted by Gasteiger charge is -2.13. The molecule has 160 valence electrons. The molecule has 4 rings (SSSR count). The van der Waals surface area contributed by atoms with E-state index in [-0.39, 0.29) is 10.6 Å². The molecule has 0 saturated carbocycles. The van der Waals surface area contributed by atoms with Crippen LogP contribution >= 0.6 is 0 Å². The van der Waals surface area contributed by atoms with Crippen LogP contribution in [0.4, 0.5) is 13.2 Å². The van der Waals surface area contributed by atoms with Crippen LogP contribution in [-0.4, -0.2) is 18.3 Å². The van der Waals surface area contributed by atoms with Crippen molar-refractivity contribution in [2.24, 2.45) is 0 Å². The average molecular weight is 447 g/mol. The van der Waals surface area contributed by atoms with Crippen molar-refractivity contribution < 1.29 is 26.0 Å². The summed E-state index contributed by atoms with van der Waals surface area (Å²) in [5.74, 6) is 0.601. The number of sulfonamides is 1. The van der Waals surface area contributed by atoms with Gasteiger partial charge in [-0.3, -0.25) is 0 Å². The van der Waals surface area contributed by atoms with E-state index in [4.69, 9.17) is 4.42 Å². The predicted molar refractivity (Wildman–Crippen MR) is 108 cm³/mol. The van der Waals surface area contributed by atoms with Crippen LogP contribution in [0.2, 0.25) is 0 Å². The van der Waals surface area contributed by atoms with E-state index in [2.05, 4.69) is 9.93 Å². The predicted octanol–water partition coefficient (Wildman–Crippen LogP) is 5.07. The minimum atomic E-state index is -4.75. The van der Waals surface area contributed by atoms with Gasteiger partial charge in [0, 0.05) is 11.1 Å². The lowest BCUT2D eigenvalue weighted by molar-refractivity contribution is -0.141. The molecule has 2 aromatic carbocycles. The van der Waals surface area contributed by atoms with Gasteiger partial charge in [0.1, 0.15) is 5.76 Å². The molecular weight excluding hydrogens is 431 g/mol. The first kappa shape index (κ1) is 20.7. The van der Waals surface area contributed by atoms with E-state index in [1.165, 1.54) is 30.5 Å². The molecule has 6 nitrogen and oxygen atoms in total. The van der Waals surface area contributed by atoms with Gasteiger partial charge < -0.3 is 4.42 Å². The molecule has 0 fully saturated rings. The average Bonchev–Trinajstić information content (AvgIpc) is 3.38. The monoisotopic (exact) mass is 447 g/mol. The Bertz CT molecular complexity index is 1310. The van der Waals surface area contributed by atoms with Crippen molar-refractivity contribution in [1.82, 2.24) is 9.89 Å². The molecule has 10 heteroatoms. The Morgan fingerprint density at radius 2 is 1.74 bits per heavy atom. The fourth-order valence-corrected chi connectivity index (χ4v) is 4.08. The molecule has 0 aliphatic heterocycles. The minimum Gasteiger partial charge on any atom is -0.464 e. The van der Waals surface area contributed by atoms with Crippen molar-refractivity contribution in [2.45, 2.75) is 18.0 Å². The molecule has 0 spiro atoms. The van der Waals surface area contributed by atoms with Crippen molar-refractivity contribution in [3.63, 3.8) is 0 Å². The number of nitrogens with zero attached hydrogens (tertiary/aromatic N) is 2. The highest BCUT2D eigenvalue weighted by molar-refractivity contribution is 7.92. The highest BCUT2D eigenvalue weighted by Crippen LogP contribution is 2.34. The second kappa shape index (κ2) is 7.62. The molecule has 2 heterocycles. The Balaban J connectivity index is 1.80. The molecule has 0 atom stereocenters. The second-order valence-corrected chi connectivity index (χ2v) is 8.40. The molecule has 0 bridgehead atoms. The molecule has 31 heavy (non-hydrogen) atoms. The molecule has 4 aromatic rings. The highest BCUT2D eigenvalue weighted by atomic mass is 32.2. The van der Waals surface area contributed by atoms with E-state index in [0.29, 0.717) is 21.7 Å². The molecule has 0 radical (unpaired) electrons. The number of nitrogens with one attached hydrogen (secondary N) is 1. The van der Waals surface area contributed by atoms with Gasteiger partial charge in [0.15, 0.2) is 5.69 Å². The van der Waals surface area contributed by atoms with Gasteiger partial charge in [-0.25, -0.2) is 0 Å². The van der Waals surface area contributed by atoms with Gasteiger partial charge in [-0.05, 0) is 48.9 Å². The van der Waals surface area contributed by atoms with Gasteiger partial charge >= 0.3 is 6.18 Å². The fraction of sp³-hybridized carbons (Fsp3) is 0.0952. The number of aryl methyl sites for hydroxylation is 1. The number of alkyl halides is 3. The van der Waals surface area contributed by atoms with E-state index >= 15 is 0 Å². The van der Waals surface area contributed by atoms with Crippen molar-refractivity contribution in [3.05, 3.63) is 84.3 Å². The summed E-state index contributed by atoms with van der Waals surface area (Å²) < 4.78 is 70.7. The summed E-state index contributed by atoms with van der Waals surface area (Å²) in [6.45, 7) is 1.71. The van der Waals surface area contributed by atoms with Crippen molar-refractivity contribution >= 4 is 10.0 Å². The molecule has 0 amide bonds. The Morgan fingerprint density at radius 3 is 2.35 bits per heavy atom. The van der Waals surface area contributed by atoms with Crippen molar-refractivity contribution in [1.29, 1.82) is 0 Å². The fourth-order valence-electron chi connectivity index (χ4n) is 3.09. The number of hydrogen-bond acceptors (Lipinski definition) is 4. The maximum absolute atomic E-state index is 13.3. The Kier molecular flexibility index (Phi) is 5.10. The molecule has 0 aliphatic carbocycles. The molecule has 1 N–H and O–H groups in total. The van der Waals surface area contributed by atoms with Gasteiger partial charge in [-0.15, -0.1) is 5.10 Å². The number of rotatable bonds is 5. The van der Waals surface area contributed by atoms with Crippen LogP contribution in [0.15, 0.2) is 82.3 Å². The minimum absolute atomic E-state index is 0.0460. The molecule has 0 saturated heterocycles. The SMILES string of the molecule is Cc1cc(-c2ccco2)ccc1-c1cc(C(F)(F)F)nn1NS(=O)(=O)c1ccccc1. The van der Waals surface area contributed by atoms with Crippen LogP contribution in [0.3, 0.4) is 0 Å². The van der Waals surface area contributed by atoms with Crippen LogP contribution in [0.25, 0.3) is 22.6 Å². The smallest absolute Gasteiger partial charge is 0.435 e. The van der Waals surface area contributed by atoms with E-state index in [0.717, 1.165) is 11.6 Å². The first-order valence-electron chi connectivity index (χ1n) is 9.05. The van der Waals surface area contributed by atoms with E-state index < -0.39 is 21.9 Å². The number of aromatic nitrogens is 2. The second-order valence-electron chi connectivity index (χ2n) is 6.74. The van der Waals surface area contributed by atoms with Crippen LogP contribution in [0.5, 0.6) is 0 Å². The van der Waals surface area contributed by atoms with Gasteiger partial charge in [0.2, 0.25) is 0 Å². The first-order chi connectivity index (χ1) is 14.6. The van der Waals surface area contributed by atoms with E-state index in [9.17, 15) is 21.6 Å². The lowest BCUT2D eigenvalue weighted by Crippen LogP contribution is -2.25. The summed E-state index contributed by atoms with van der Waals surface area (Å²) in [4.78, 5) is 2.66. The van der Waals surface area contributed by atoms with Gasteiger partial charge in [0.05, 0.1) is 16.9 Å². The zero-order valence-electron chi connectivity index (χ0n) is 16.1. The summed E-state index contributed by atoms with van der Waals surface area (Å²) in [7, 11) is -4.16. The van der Waals surface area contributed by atoms with Gasteiger partial charge in [-0.1, -0.05) is 30.3 Å². The molecule has 0 aliphatic rings. The number of halogens is 3. The summed E-state index contributed by atoms with van der Waals surface area (Å²) in [6, 6.07) is 16.6. The van der Waals surface area contributed by atoms with E-state index in [1.807, 2.05) is 0 Å². The topological polar surface area (TPSA) is 77.1 Å². The largest absolute Gasteiger partial charge is 0.464 e. The Labute approximate surface area is 176 Å². The quantitative estimate of drug-likeness (QED) is 0.463. The van der Waals surface area contributed by atoms with Gasteiger partial charge in [-0.2, -0.15) is 31.2 Å². The number of hydrogen-bond donors (Lipinski definition) is 1. The lowest BCUT2D eigenvalue weighted by atomic mass is 10.0. The first-order valence-corrected chi connectivity index (χ1v) is 10.5. The van der Waals surface area contributed by atoms with Crippen LogP contribution < -0.4 is 4.83 Å². The summed E-state index contributed by atoms with van der Waals surface area (Å²) in [5, 5.41) is 3.46. The summed E-state index contributed by atoms with van der Waals surface area (Å²) in [5.41, 5.74) is 0.470. The highest BCUT2D eigenvalue weighted by Gasteiger charge is 2.36. The molecular formula is C21H16F3N3O3S. The van der Waals surface area contributed by atoms with Crippen LogP contribution in [0, 0.1) is 6.92 Å². The third kappa shape index (κ3) is 4.19. The van der Waals surface area contributed by atoms with Crippen LogP contribution in [-0.2, 0) is 16.2 Å². The Hall–Kier alpha value is -3.53. The number of furan rings is 1. The summed E-state index contributed by atoms with van der Waals surface area (Å²) in [6.07, 6.45) is -3.23. The molecule has 0 unspecified atom stereocenters. The third-order valence-corrected chi connectivity index (χ3v) is 5.87. The number of benzene rings is 2. The normalized spacial score (nSPS) is 12.1. The third-order valence-electron chi connectivity index (χ3n) is 4.57. The summed E-state index contributed by atoms with van der Waals surface area (Å²) >= 11 is 0. The van der Waals surface area contributed by atoms with Crippen LogP contribution in [0.1, 0.15) is 11.3 Å². The van der Waals surface area contributed by atoms with E-state index in [1.54, 1.807) is 43.3 Å². The standard InChI is InChI=1S/C21H16F3N3O3S/c1-14-12-15(19-8-5-11-30-19)9-10-17(14)18-13-20(21(22,23)24)25-27(18)26-31(28,29)16-6-3-2-4-7-16/h2-13,26H,1H3. The van der Waals surface area contributed by atoms with Crippen molar-refractivity contribution in [3.8, 4) is 22.6 Å². The maximum atomic E-state index is 13.3. The Morgan fingerprint density at radius 1 is 1.00 bits per heavy atom. The maximum Gasteiger partial charge on any atom is 0.435 e.